The number of fused-ring (bicyclic) bond motifs is 5. The number of aromatic nitrogens is 2. The van der Waals surface area contributed by atoms with Crippen molar-refractivity contribution >= 4 is 16.6 Å². The molecule has 23 heavy (non-hydrogen) atoms. The highest BCUT2D eigenvalue weighted by Gasteiger charge is 2.30. The molecule has 1 N–H and O–H groups in total. The predicted molar refractivity (Wildman–Crippen MR) is 84.3 cm³/mol. The first-order valence-corrected chi connectivity index (χ1v) is 6.96. The predicted octanol–water partition coefficient (Wildman–Crippen LogP) is 2.15. The zero-order valence-electron chi connectivity index (χ0n) is 12.5. The first-order valence-electron chi connectivity index (χ1n) is 6.96. The van der Waals surface area contributed by atoms with Gasteiger partial charge >= 0.3 is 0 Å². The number of H-pyrrole nitrogens is 1. The fourth-order valence-electron chi connectivity index (χ4n) is 3.02. The zero-order valence-corrected chi connectivity index (χ0v) is 12.5. The molecule has 0 saturated carbocycles. The monoisotopic (exact) mass is 308 g/mol. The summed E-state index contributed by atoms with van der Waals surface area (Å²) in [5, 5.41) is 0.929. The van der Waals surface area contributed by atoms with Crippen LogP contribution in [0, 0.1) is 0 Å². The lowest BCUT2D eigenvalue weighted by atomic mass is 10.0. The van der Waals surface area contributed by atoms with Crippen molar-refractivity contribution in [1.82, 2.24) is 9.97 Å². The topological polar surface area (TPSA) is 81.3 Å². The first kappa shape index (κ1) is 13.5. The number of ether oxygens (including phenoxy) is 2. The summed E-state index contributed by atoms with van der Waals surface area (Å²) in [6, 6.07) is 4.98. The van der Waals surface area contributed by atoms with Gasteiger partial charge in [-0.05, 0) is 18.2 Å². The molecule has 1 aliphatic carbocycles. The molecule has 0 fully saturated rings. The second kappa shape index (κ2) is 4.67. The number of benzene rings is 1. The number of carbonyl (C=O) groups excluding carboxylic acids is 1. The maximum atomic E-state index is 12.7. The van der Waals surface area contributed by atoms with Gasteiger partial charge in [-0.25, -0.2) is 0 Å². The smallest absolute Gasteiger partial charge is 0.256 e. The Morgan fingerprint density at radius 3 is 2.39 bits per heavy atom. The number of nitrogens with zero attached hydrogens (tertiary/aromatic N) is 1. The maximum absolute atomic E-state index is 12.7. The lowest BCUT2D eigenvalue weighted by Crippen LogP contribution is -2.10. The number of carbonyl (C=O) groups is 1. The number of hydrogen-bond acceptors (Lipinski definition) is 5. The van der Waals surface area contributed by atoms with Crippen LogP contribution >= 0.6 is 0 Å². The third kappa shape index (κ3) is 1.72. The molecule has 2 heterocycles. The van der Waals surface area contributed by atoms with Crippen molar-refractivity contribution in [2.45, 2.75) is 0 Å². The van der Waals surface area contributed by atoms with E-state index in [1.54, 1.807) is 24.4 Å². The number of pyridine rings is 2. The number of aromatic amines is 1. The SMILES string of the molecule is COc1cc2c3c([nH]c(=O)c2cc1OC)-c1ccncc1C3=O. The summed E-state index contributed by atoms with van der Waals surface area (Å²) < 4.78 is 10.5. The molecule has 0 saturated heterocycles. The molecule has 2 aromatic heterocycles. The average Bonchev–Trinajstić information content (AvgIpc) is 2.87. The molecular weight excluding hydrogens is 296 g/mol. The number of ketones is 1. The number of hydrogen-bond donors (Lipinski definition) is 1. The first-order chi connectivity index (χ1) is 11.2. The van der Waals surface area contributed by atoms with E-state index >= 15 is 0 Å². The fourth-order valence-corrected chi connectivity index (χ4v) is 3.02. The summed E-state index contributed by atoms with van der Waals surface area (Å²) in [5.41, 5.74) is 1.88. The Morgan fingerprint density at radius 1 is 1.00 bits per heavy atom. The molecule has 1 aromatic carbocycles. The van der Waals surface area contributed by atoms with Crippen LogP contribution in [0.15, 0.2) is 35.4 Å². The van der Waals surface area contributed by atoms with Gasteiger partial charge in [0.15, 0.2) is 17.3 Å². The molecule has 0 radical (unpaired) electrons. The largest absolute Gasteiger partial charge is 0.493 e. The van der Waals surface area contributed by atoms with Crippen molar-refractivity contribution in [2.24, 2.45) is 0 Å². The molecule has 0 amide bonds. The molecule has 0 aliphatic heterocycles. The van der Waals surface area contributed by atoms with Crippen LogP contribution in [-0.4, -0.2) is 30.0 Å². The molecule has 6 heteroatoms. The van der Waals surface area contributed by atoms with Crippen LogP contribution in [0.5, 0.6) is 11.5 Å². The summed E-state index contributed by atoms with van der Waals surface area (Å²) in [6.07, 6.45) is 3.11. The third-order valence-electron chi connectivity index (χ3n) is 4.09. The van der Waals surface area contributed by atoms with Gasteiger partial charge in [0.25, 0.3) is 5.56 Å². The van der Waals surface area contributed by atoms with Gasteiger partial charge in [-0.1, -0.05) is 0 Å². The van der Waals surface area contributed by atoms with Gasteiger partial charge in [0.05, 0.1) is 36.4 Å². The quantitative estimate of drug-likeness (QED) is 0.613. The van der Waals surface area contributed by atoms with E-state index in [9.17, 15) is 9.59 Å². The Kier molecular flexibility index (Phi) is 2.74. The molecule has 1 aliphatic rings. The van der Waals surface area contributed by atoms with E-state index in [1.807, 2.05) is 0 Å². The van der Waals surface area contributed by atoms with E-state index in [2.05, 4.69) is 9.97 Å². The van der Waals surface area contributed by atoms with Crippen molar-refractivity contribution in [3.05, 3.63) is 52.1 Å². The van der Waals surface area contributed by atoms with Crippen LogP contribution in [0.25, 0.3) is 22.0 Å². The van der Waals surface area contributed by atoms with Crippen molar-refractivity contribution in [2.75, 3.05) is 14.2 Å². The van der Waals surface area contributed by atoms with Crippen LogP contribution in [0.4, 0.5) is 0 Å². The second-order valence-electron chi connectivity index (χ2n) is 5.21. The lowest BCUT2D eigenvalue weighted by Gasteiger charge is -2.11. The van der Waals surface area contributed by atoms with E-state index in [4.69, 9.17) is 9.47 Å². The highest BCUT2D eigenvalue weighted by molar-refractivity contribution is 6.26. The van der Waals surface area contributed by atoms with Gasteiger partial charge in [-0.15, -0.1) is 0 Å². The van der Waals surface area contributed by atoms with Crippen LogP contribution in [-0.2, 0) is 0 Å². The van der Waals surface area contributed by atoms with Gasteiger partial charge in [-0.3, -0.25) is 14.6 Å². The molecule has 114 valence electrons. The highest BCUT2D eigenvalue weighted by atomic mass is 16.5. The van der Waals surface area contributed by atoms with Gasteiger partial charge < -0.3 is 14.5 Å². The minimum absolute atomic E-state index is 0.156. The van der Waals surface area contributed by atoms with Crippen molar-refractivity contribution in [3.8, 4) is 22.8 Å². The Labute approximate surface area is 130 Å². The van der Waals surface area contributed by atoms with E-state index in [0.29, 0.717) is 44.7 Å². The van der Waals surface area contributed by atoms with Gasteiger partial charge in [0, 0.05) is 23.3 Å². The Bertz CT molecular complexity index is 1040. The zero-order chi connectivity index (χ0) is 16.1. The van der Waals surface area contributed by atoms with Gasteiger partial charge in [0.2, 0.25) is 0 Å². The molecule has 0 spiro atoms. The minimum atomic E-state index is -0.280. The van der Waals surface area contributed by atoms with E-state index in [0.717, 1.165) is 0 Å². The Balaban J connectivity index is 2.16. The van der Waals surface area contributed by atoms with Crippen LogP contribution in [0.1, 0.15) is 15.9 Å². The minimum Gasteiger partial charge on any atom is -0.493 e. The fraction of sp³-hybridized carbons (Fsp3) is 0.118. The Hall–Kier alpha value is -3.15. The van der Waals surface area contributed by atoms with Gasteiger partial charge in [0.1, 0.15) is 0 Å². The molecule has 3 aromatic rings. The summed E-state index contributed by atoms with van der Waals surface area (Å²) in [5.74, 6) is 0.751. The molecule has 0 atom stereocenters. The van der Waals surface area contributed by atoms with E-state index in [1.165, 1.54) is 20.4 Å². The summed E-state index contributed by atoms with van der Waals surface area (Å²) in [7, 11) is 3.01. The van der Waals surface area contributed by atoms with Crippen molar-refractivity contribution < 1.29 is 14.3 Å². The van der Waals surface area contributed by atoms with Crippen LogP contribution < -0.4 is 15.0 Å². The van der Waals surface area contributed by atoms with Crippen LogP contribution in [0.3, 0.4) is 0 Å². The number of nitrogens with one attached hydrogen (secondary N) is 1. The summed E-state index contributed by atoms with van der Waals surface area (Å²) in [6.45, 7) is 0. The van der Waals surface area contributed by atoms with Gasteiger partial charge in [-0.2, -0.15) is 0 Å². The van der Waals surface area contributed by atoms with Crippen LogP contribution in [0.2, 0.25) is 0 Å². The van der Waals surface area contributed by atoms with Crippen molar-refractivity contribution in [1.29, 1.82) is 0 Å². The maximum Gasteiger partial charge on any atom is 0.256 e. The molecule has 0 bridgehead atoms. The number of methoxy groups -OCH3 is 2. The second-order valence-corrected chi connectivity index (χ2v) is 5.21. The molecular formula is C17H12N2O4. The summed E-state index contributed by atoms with van der Waals surface area (Å²) in [4.78, 5) is 32.0. The Morgan fingerprint density at radius 2 is 1.70 bits per heavy atom. The standard InChI is InChI=1S/C17H12N2O4/c1-22-12-5-9-10(6-13(12)23-2)17(21)19-15-8-3-4-18-7-11(8)16(20)14(9)15/h3-7H,1-2H3,(H,19,21). The lowest BCUT2D eigenvalue weighted by molar-refractivity contribution is 0.104. The average molecular weight is 308 g/mol. The molecule has 6 nitrogen and oxygen atoms in total. The summed E-state index contributed by atoms with van der Waals surface area (Å²) >= 11 is 0. The third-order valence-corrected chi connectivity index (χ3v) is 4.09. The van der Waals surface area contributed by atoms with E-state index in [-0.39, 0.29) is 11.3 Å². The normalized spacial score (nSPS) is 12.2. The molecule has 0 unspecified atom stereocenters. The molecule has 4 rings (SSSR count). The number of rotatable bonds is 2. The van der Waals surface area contributed by atoms with E-state index < -0.39 is 0 Å². The highest BCUT2D eigenvalue weighted by Crippen LogP contribution is 2.40. The van der Waals surface area contributed by atoms with Crippen molar-refractivity contribution in [3.63, 3.8) is 0 Å².